The van der Waals surface area contributed by atoms with E-state index in [1.807, 2.05) is 0 Å². The van der Waals surface area contributed by atoms with Crippen LogP contribution in [0.5, 0.6) is 5.88 Å². The standard InChI is InChI=1S/C10H17N3OS/c1-6(2)7(3)15-10-8(11)9(14-4)12-5-13-10/h5-7H,11H2,1-4H3. The lowest BCUT2D eigenvalue weighted by Crippen LogP contribution is -2.07. The zero-order valence-corrected chi connectivity index (χ0v) is 10.3. The van der Waals surface area contributed by atoms with Crippen molar-refractivity contribution in [2.45, 2.75) is 31.0 Å². The third-order valence-electron chi connectivity index (χ3n) is 2.24. The van der Waals surface area contributed by atoms with E-state index in [2.05, 4.69) is 30.7 Å². The quantitative estimate of drug-likeness (QED) is 0.631. The van der Waals surface area contributed by atoms with Gasteiger partial charge in [-0.3, -0.25) is 0 Å². The molecule has 0 saturated heterocycles. The predicted octanol–water partition coefficient (Wildman–Crippen LogP) is 2.20. The first-order valence-corrected chi connectivity index (χ1v) is 5.75. The third kappa shape index (κ3) is 2.99. The minimum atomic E-state index is 0.448. The Kier molecular flexibility index (Phi) is 4.20. The van der Waals surface area contributed by atoms with E-state index < -0.39 is 0 Å². The molecule has 1 aromatic heterocycles. The number of anilines is 1. The smallest absolute Gasteiger partial charge is 0.241 e. The Labute approximate surface area is 94.6 Å². The van der Waals surface area contributed by atoms with Crippen molar-refractivity contribution in [1.82, 2.24) is 9.97 Å². The van der Waals surface area contributed by atoms with E-state index in [1.165, 1.54) is 6.33 Å². The topological polar surface area (TPSA) is 61.0 Å². The maximum Gasteiger partial charge on any atom is 0.241 e. The molecule has 1 heterocycles. The fraction of sp³-hybridized carbons (Fsp3) is 0.600. The summed E-state index contributed by atoms with van der Waals surface area (Å²) in [5.74, 6) is 1.03. The number of aromatic nitrogens is 2. The Hall–Kier alpha value is -0.970. The van der Waals surface area contributed by atoms with E-state index >= 15 is 0 Å². The number of thioether (sulfide) groups is 1. The van der Waals surface area contributed by atoms with Gasteiger partial charge in [0.2, 0.25) is 5.88 Å². The zero-order chi connectivity index (χ0) is 11.4. The molecule has 0 bridgehead atoms. The Bertz CT molecular complexity index is 330. The monoisotopic (exact) mass is 227 g/mol. The molecule has 0 aliphatic rings. The highest BCUT2D eigenvalue weighted by molar-refractivity contribution is 8.00. The highest BCUT2D eigenvalue weighted by Crippen LogP contribution is 2.33. The summed E-state index contributed by atoms with van der Waals surface area (Å²) in [5, 5.41) is 1.26. The summed E-state index contributed by atoms with van der Waals surface area (Å²) in [5.41, 5.74) is 6.40. The SMILES string of the molecule is COc1ncnc(SC(C)C(C)C)c1N. The van der Waals surface area contributed by atoms with Crippen LogP contribution in [-0.2, 0) is 0 Å². The van der Waals surface area contributed by atoms with Gasteiger partial charge in [0.15, 0.2) is 0 Å². The summed E-state index contributed by atoms with van der Waals surface area (Å²) >= 11 is 1.65. The van der Waals surface area contributed by atoms with Crippen molar-refractivity contribution < 1.29 is 4.74 Å². The second-order valence-electron chi connectivity index (χ2n) is 3.67. The first kappa shape index (κ1) is 12.1. The van der Waals surface area contributed by atoms with Crippen molar-refractivity contribution in [2.24, 2.45) is 5.92 Å². The second kappa shape index (κ2) is 5.21. The molecule has 0 radical (unpaired) electrons. The van der Waals surface area contributed by atoms with E-state index in [4.69, 9.17) is 10.5 Å². The van der Waals surface area contributed by atoms with Crippen LogP contribution in [-0.4, -0.2) is 22.3 Å². The maximum absolute atomic E-state index is 5.87. The van der Waals surface area contributed by atoms with E-state index in [1.54, 1.807) is 18.9 Å². The van der Waals surface area contributed by atoms with Crippen LogP contribution < -0.4 is 10.5 Å². The van der Waals surface area contributed by atoms with Crippen LogP contribution in [0.15, 0.2) is 11.4 Å². The van der Waals surface area contributed by atoms with Gasteiger partial charge in [-0.05, 0) is 5.92 Å². The van der Waals surface area contributed by atoms with E-state index in [9.17, 15) is 0 Å². The molecule has 0 spiro atoms. The van der Waals surface area contributed by atoms with Crippen molar-refractivity contribution in [2.75, 3.05) is 12.8 Å². The summed E-state index contributed by atoms with van der Waals surface area (Å²) in [7, 11) is 1.55. The lowest BCUT2D eigenvalue weighted by atomic mass is 10.2. The predicted molar refractivity (Wildman–Crippen MR) is 63.2 cm³/mol. The number of hydrogen-bond acceptors (Lipinski definition) is 5. The van der Waals surface area contributed by atoms with Crippen LogP contribution in [0.1, 0.15) is 20.8 Å². The summed E-state index contributed by atoms with van der Waals surface area (Å²) in [6.07, 6.45) is 1.48. The van der Waals surface area contributed by atoms with E-state index in [0.29, 0.717) is 22.7 Å². The highest BCUT2D eigenvalue weighted by Gasteiger charge is 2.14. The molecule has 1 aromatic rings. The second-order valence-corrected chi connectivity index (χ2v) is 5.03. The summed E-state index contributed by atoms with van der Waals surface area (Å²) in [4.78, 5) is 8.09. The van der Waals surface area contributed by atoms with Gasteiger partial charge in [-0.25, -0.2) is 4.98 Å². The number of nitrogens with zero attached hydrogens (tertiary/aromatic N) is 2. The molecule has 2 N–H and O–H groups in total. The minimum absolute atomic E-state index is 0.448. The van der Waals surface area contributed by atoms with Crippen molar-refractivity contribution in [3.63, 3.8) is 0 Å². The molecule has 0 aliphatic carbocycles. The van der Waals surface area contributed by atoms with Gasteiger partial charge < -0.3 is 10.5 Å². The number of methoxy groups -OCH3 is 1. The Morgan fingerprint density at radius 2 is 2.00 bits per heavy atom. The molecule has 1 rings (SSSR count). The Morgan fingerprint density at radius 3 is 2.53 bits per heavy atom. The lowest BCUT2D eigenvalue weighted by molar-refractivity contribution is 0.397. The summed E-state index contributed by atoms with van der Waals surface area (Å²) < 4.78 is 5.04. The van der Waals surface area contributed by atoms with Crippen LogP contribution in [0.2, 0.25) is 0 Å². The van der Waals surface area contributed by atoms with Gasteiger partial charge in [-0.1, -0.05) is 20.8 Å². The number of nitrogens with two attached hydrogens (primary N) is 1. The lowest BCUT2D eigenvalue weighted by Gasteiger charge is -2.15. The van der Waals surface area contributed by atoms with Gasteiger partial charge >= 0.3 is 0 Å². The van der Waals surface area contributed by atoms with Crippen molar-refractivity contribution >= 4 is 17.4 Å². The molecular weight excluding hydrogens is 210 g/mol. The van der Waals surface area contributed by atoms with Gasteiger partial charge in [0.25, 0.3) is 0 Å². The average Bonchev–Trinajstić information content (AvgIpc) is 2.21. The molecule has 0 saturated carbocycles. The van der Waals surface area contributed by atoms with Crippen LogP contribution in [0, 0.1) is 5.92 Å². The summed E-state index contributed by atoms with van der Waals surface area (Å²) in [6.45, 7) is 6.50. The third-order valence-corrected chi connectivity index (χ3v) is 3.71. The van der Waals surface area contributed by atoms with Crippen molar-refractivity contribution in [3.8, 4) is 5.88 Å². The minimum Gasteiger partial charge on any atom is -0.479 e. The molecule has 15 heavy (non-hydrogen) atoms. The average molecular weight is 227 g/mol. The Balaban J connectivity index is 2.86. The van der Waals surface area contributed by atoms with Crippen LogP contribution in [0.4, 0.5) is 5.69 Å². The molecule has 1 atom stereocenters. The van der Waals surface area contributed by atoms with Crippen LogP contribution in [0.3, 0.4) is 0 Å². The first-order valence-electron chi connectivity index (χ1n) is 4.87. The molecule has 0 amide bonds. The largest absolute Gasteiger partial charge is 0.479 e. The highest BCUT2D eigenvalue weighted by atomic mass is 32.2. The van der Waals surface area contributed by atoms with Gasteiger partial charge in [-0.2, -0.15) is 4.98 Å². The molecule has 4 nitrogen and oxygen atoms in total. The summed E-state index contributed by atoms with van der Waals surface area (Å²) in [6, 6.07) is 0. The normalized spacial score (nSPS) is 12.9. The fourth-order valence-corrected chi connectivity index (χ4v) is 1.88. The van der Waals surface area contributed by atoms with Crippen LogP contribution >= 0.6 is 11.8 Å². The molecule has 0 fully saturated rings. The van der Waals surface area contributed by atoms with Gasteiger partial charge in [0, 0.05) is 5.25 Å². The first-order chi connectivity index (χ1) is 7.06. The van der Waals surface area contributed by atoms with Crippen molar-refractivity contribution in [1.29, 1.82) is 0 Å². The van der Waals surface area contributed by atoms with Gasteiger partial charge in [-0.15, -0.1) is 11.8 Å². The number of nitrogen functional groups attached to an aromatic ring is 1. The van der Waals surface area contributed by atoms with E-state index in [-0.39, 0.29) is 0 Å². The molecule has 0 aliphatic heterocycles. The number of ether oxygens (including phenoxy) is 1. The molecule has 84 valence electrons. The maximum atomic E-state index is 5.87. The van der Waals surface area contributed by atoms with Gasteiger partial charge in [0.1, 0.15) is 17.0 Å². The zero-order valence-electron chi connectivity index (χ0n) is 9.52. The fourth-order valence-electron chi connectivity index (χ4n) is 0.933. The van der Waals surface area contributed by atoms with E-state index in [0.717, 1.165) is 5.03 Å². The molecule has 1 unspecified atom stereocenters. The molecule has 5 heteroatoms. The number of rotatable bonds is 4. The molecule has 0 aromatic carbocycles. The van der Waals surface area contributed by atoms with Crippen molar-refractivity contribution in [3.05, 3.63) is 6.33 Å². The van der Waals surface area contributed by atoms with Gasteiger partial charge in [0.05, 0.1) is 7.11 Å². The number of hydrogen-bond donors (Lipinski definition) is 1. The molecular formula is C10H17N3OS. The van der Waals surface area contributed by atoms with Crippen LogP contribution in [0.25, 0.3) is 0 Å². The Morgan fingerprint density at radius 1 is 1.33 bits per heavy atom.